The lowest BCUT2D eigenvalue weighted by atomic mass is 10.2. The van der Waals surface area contributed by atoms with Crippen molar-refractivity contribution in [2.75, 3.05) is 0 Å². The highest BCUT2D eigenvalue weighted by Crippen LogP contribution is 2.32. The van der Waals surface area contributed by atoms with Gasteiger partial charge in [0.05, 0.1) is 10.9 Å². The van der Waals surface area contributed by atoms with Gasteiger partial charge in [-0.25, -0.2) is 18.0 Å². The summed E-state index contributed by atoms with van der Waals surface area (Å²) < 4.78 is 46.9. The van der Waals surface area contributed by atoms with Crippen LogP contribution in [0.1, 0.15) is 0 Å². The first-order valence-electron chi connectivity index (χ1n) is 5.41. The molecule has 0 N–H and O–H groups in total. The molecular formula is C13H4F3NO2. The Bertz CT molecular complexity index is 1020. The van der Waals surface area contributed by atoms with Crippen molar-refractivity contribution in [1.82, 2.24) is 4.40 Å². The second-order valence-corrected chi connectivity index (χ2v) is 4.28. The Hall–Kier alpha value is -2.50. The van der Waals surface area contributed by atoms with Crippen molar-refractivity contribution in [3.05, 3.63) is 52.1 Å². The van der Waals surface area contributed by atoms with E-state index in [0.29, 0.717) is 6.07 Å². The molecule has 0 saturated heterocycles. The quantitative estimate of drug-likeness (QED) is 0.488. The lowest BCUT2D eigenvalue weighted by molar-refractivity contribution is 0.573. The summed E-state index contributed by atoms with van der Waals surface area (Å²) in [5.74, 6) is -2.30. The number of hydrogen-bond acceptors (Lipinski definition) is 2. The third kappa shape index (κ3) is 1.15. The maximum absolute atomic E-state index is 13.9. The Morgan fingerprint density at radius 3 is 2.42 bits per heavy atom. The zero-order valence-corrected chi connectivity index (χ0v) is 9.21. The van der Waals surface area contributed by atoms with E-state index in [0.717, 1.165) is 18.2 Å². The second kappa shape index (κ2) is 3.09. The van der Waals surface area contributed by atoms with Gasteiger partial charge in [-0.05, 0) is 12.1 Å². The molecule has 0 aliphatic carbocycles. The zero-order valence-electron chi connectivity index (χ0n) is 9.21. The molecule has 0 aliphatic heterocycles. The third-order valence-electron chi connectivity index (χ3n) is 3.17. The summed E-state index contributed by atoms with van der Waals surface area (Å²) in [6, 6.07) is 3.85. The van der Waals surface area contributed by atoms with Crippen LogP contribution in [0.5, 0.6) is 0 Å². The van der Waals surface area contributed by atoms with Crippen LogP contribution >= 0.6 is 0 Å². The van der Waals surface area contributed by atoms with Crippen LogP contribution in [-0.4, -0.2) is 4.40 Å². The Balaban J connectivity index is 2.48. The van der Waals surface area contributed by atoms with E-state index in [4.69, 9.17) is 4.42 Å². The highest BCUT2D eigenvalue weighted by Gasteiger charge is 2.21. The minimum absolute atomic E-state index is 0.0170. The van der Waals surface area contributed by atoms with Crippen LogP contribution in [0.2, 0.25) is 0 Å². The second-order valence-electron chi connectivity index (χ2n) is 4.28. The predicted molar refractivity (Wildman–Crippen MR) is 62.0 cm³/mol. The van der Waals surface area contributed by atoms with Crippen LogP contribution in [0.15, 0.2) is 33.5 Å². The number of aromatic nitrogens is 1. The van der Waals surface area contributed by atoms with Gasteiger partial charge >= 0.3 is 5.63 Å². The van der Waals surface area contributed by atoms with Gasteiger partial charge in [0.1, 0.15) is 23.0 Å². The van der Waals surface area contributed by atoms with Gasteiger partial charge in [-0.3, -0.25) is 4.40 Å². The molecule has 3 heterocycles. The van der Waals surface area contributed by atoms with Crippen LogP contribution in [-0.2, 0) is 0 Å². The molecule has 4 aromatic rings. The number of oxazole rings is 1. The van der Waals surface area contributed by atoms with E-state index in [9.17, 15) is 18.0 Å². The molecule has 0 atom stereocenters. The van der Waals surface area contributed by atoms with E-state index in [1.54, 1.807) is 0 Å². The van der Waals surface area contributed by atoms with E-state index in [1.165, 1.54) is 4.40 Å². The molecular weight excluding hydrogens is 259 g/mol. The van der Waals surface area contributed by atoms with Crippen LogP contribution in [0, 0.1) is 17.5 Å². The van der Waals surface area contributed by atoms with Gasteiger partial charge in [0.15, 0.2) is 0 Å². The minimum Gasteiger partial charge on any atom is -0.404 e. The maximum atomic E-state index is 13.9. The Labute approximate surface area is 102 Å². The van der Waals surface area contributed by atoms with Crippen molar-refractivity contribution < 1.29 is 17.6 Å². The molecule has 1 aromatic carbocycles. The minimum atomic E-state index is -0.826. The highest BCUT2D eigenvalue weighted by molar-refractivity contribution is 6.07. The van der Waals surface area contributed by atoms with Crippen LogP contribution in [0.3, 0.4) is 0 Å². The molecule has 3 aromatic heterocycles. The highest BCUT2D eigenvalue weighted by atomic mass is 19.1. The third-order valence-corrected chi connectivity index (χ3v) is 3.17. The number of halogens is 3. The van der Waals surface area contributed by atoms with Crippen molar-refractivity contribution in [3.63, 3.8) is 0 Å². The van der Waals surface area contributed by atoms with Gasteiger partial charge in [0.2, 0.25) is 5.71 Å². The average Bonchev–Trinajstić information content (AvgIpc) is 2.79. The number of pyridine rings is 1. The van der Waals surface area contributed by atoms with Gasteiger partial charge in [0, 0.05) is 17.5 Å². The van der Waals surface area contributed by atoms with Crippen molar-refractivity contribution in [3.8, 4) is 0 Å². The Kier molecular flexibility index (Phi) is 1.69. The van der Waals surface area contributed by atoms with Gasteiger partial charge in [-0.1, -0.05) is 0 Å². The largest absolute Gasteiger partial charge is 0.404 e. The SMILES string of the molecule is O=c1oc2c3cc(F)cc(F)c3c3cc(F)cc1n32. The van der Waals surface area contributed by atoms with E-state index in [-0.39, 0.29) is 27.5 Å². The monoisotopic (exact) mass is 263 g/mol. The molecule has 3 nitrogen and oxygen atoms in total. The molecule has 0 fully saturated rings. The lowest BCUT2D eigenvalue weighted by Crippen LogP contribution is -1.96. The topological polar surface area (TPSA) is 34.6 Å². The first-order chi connectivity index (χ1) is 9.06. The molecule has 4 rings (SSSR count). The fraction of sp³-hybridized carbons (Fsp3) is 0. The van der Waals surface area contributed by atoms with Gasteiger partial charge in [-0.2, -0.15) is 0 Å². The van der Waals surface area contributed by atoms with Crippen molar-refractivity contribution in [2.24, 2.45) is 0 Å². The molecule has 0 unspecified atom stereocenters. The fourth-order valence-corrected chi connectivity index (χ4v) is 2.48. The van der Waals surface area contributed by atoms with Crippen LogP contribution in [0.25, 0.3) is 27.5 Å². The van der Waals surface area contributed by atoms with Crippen LogP contribution < -0.4 is 5.63 Å². The maximum Gasteiger partial charge on any atom is 0.362 e. The molecule has 0 saturated carbocycles. The first kappa shape index (κ1) is 10.4. The van der Waals surface area contributed by atoms with Gasteiger partial charge < -0.3 is 4.42 Å². The summed E-state index contributed by atoms with van der Waals surface area (Å²) in [7, 11) is 0. The molecule has 0 amide bonds. The molecule has 6 heteroatoms. The zero-order chi connectivity index (χ0) is 13.3. The normalized spacial score (nSPS) is 12.2. The average molecular weight is 263 g/mol. The molecule has 0 aliphatic rings. The van der Waals surface area contributed by atoms with E-state index in [1.807, 2.05) is 0 Å². The number of fused-ring (bicyclic) bond motifs is 3. The molecule has 19 heavy (non-hydrogen) atoms. The van der Waals surface area contributed by atoms with Crippen LogP contribution in [0.4, 0.5) is 13.2 Å². The Morgan fingerprint density at radius 2 is 1.63 bits per heavy atom. The molecule has 0 radical (unpaired) electrons. The lowest BCUT2D eigenvalue weighted by Gasteiger charge is -1.96. The number of nitrogens with zero attached hydrogens (tertiary/aromatic N) is 1. The van der Waals surface area contributed by atoms with E-state index in [2.05, 4.69) is 0 Å². The summed E-state index contributed by atoms with van der Waals surface area (Å²) >= 11 is 0. The smallest absolute Gasteiger partial charge is 0.362 e. The predicted octanol–water partition coefficient (Wildman–Crippen LogP) is 3.05. The summed E-state index contributed by atoms with van der Waals surface area (Å²) in [4.78, 5) is 11.6. The summed E-state index contributed by atoms with van der Waals surface area (Å²) in [5.41, 5.74) is -0.626. The summed E-state index contributed by atoms with van der Waals surface area (Å²) in [5, 5.41) is 0.139. The van der Waals surface area contributed by atoms with Gasteiger partial charge in [0.25, 0.3) is 0 Å². The first-order valence-corrected chi connectivity index (χ1v) is 5.41. The molecule has 0 bridgehead atoms. The van der Waals surface area contributed by atoms with Gasteiger partial charge in [-0.15, -0.1) is 0 Å². The standard InChI is InChI=1S/C13H4F3NO2/c14-5-1-7-11(8(16)2-5)9-3-6(15)4-10-13(18)19-12(7)17(9)10/h1-4H. The van der Waals surface area contributed by atoms with E-state index < -0.39 is 23.1 Å². The fourth-order valence-electron chi connectivity index (χ4n) is 2.48. The Morgan fingerprint density at radius 1 is 0.947 bits per heavy atom. The summed E-state index contributed by atoms with van der Waals surface area (Å²) in [6.07, 6.45) is 0. The molecule has 0 spiro atoms. The molecule has 94 valence electrons. The van der Waals surface area contributed by atoms with Crippen molar-refractivity contribution in [1.29, 1.82) is 0 Å². The number of rotatable bonds is 0. The summed E-state index contributed by atoms with van der Waals surface area (Å²) in [6.45, 7) is 0. The number of benzene rings is 1. The van der Waals surface area contributed by atoms with E-state index >= 15 is 0 Å². The van der Waals surface area contributed by atoms with Crippen molar-refractivity contribution >= 4 is 27.5 Å². The van der Waals surface area contributed by atoms with Crippen molar-refractivity contribution in [2.45, 2.75) is 0 Å². The number of hydrogen-bond donors (Lipinski definition) is 0.